The molecule has 1 aromatic rings. The lowest BCUT2D eigenvalue weighted by Gasteiger charge is -2.02. The van der Waals surface area contributed by atoms with Crippen molar-refractivity contribution in [2.45, 2.75) is 17.9 Å². The predicted octanol–water partition coefficient (Wildman–Crippen LogP) is 0.509. The molecule has 4 heteroatoms. The van der Waals surface area contributed by atoms with Crippen LogP contribution >= 0.6 is 0 Å². The van der Waals surface area contributed by atoms with E-state index >= 15 is 0 Å². The van der Waals surface area contributed by atoms with Gasteiger partial charge in [-0.2, -0.15) is 0 Å². The fraction of sp³-hybridized carbons (Fsp3) is 0.333. The Morgan fingerprint density at radius 2 is 2.15 bits per heavy atom. The van der Waals surface area contributed by atoms with Gasteiger partial charge >= 0.3 is 0 Å². The fourth-order valence-corrected chi connectivity index (χ4v) is 3.27. The van der Waals surface area contributed by atoms with E-state index in [1.807, 2.05) is 0 Å². The molecule has 1 aliphatic rings. The summed E-state index contributed by atoms with van der Waals surface area (Å²) in [5.74, 6) is 0.180. The highest BCUT2D eigenvalue weighted by atomic mass is 32.2. The van der Waals surface area contributed by atoms with Crippen LogP contribution in [0.4, 0.5) is 0 Å². The molecular formula is C9H10O3S. The molecule has 1 N–H and O–H groups in total. The average Bonchev–Trinajstić information content (AvgIpc) is 2.43. The van der Waals surface area contributed by atoms with E-state index in [-0.39, 0.29) is 12.4 Å². The minimum absolute atomic E-state index is 0.0846. The SMILES string of the molecule is O=S1(=O)CCc2c(CO)cccc21. The highest BCUT2D eigenvalue weighted by Crippen LogP contribution is 2.28. The van der Waals surface area contributed by atoms with E-state index in [1.165, 1.54) is 0 Å². The molecule has 1 aromatic carbocycles. The van der Waals surface area contributed by atoms with Gasteiger partial charge < -0.3 is 5.11 Å². The number of aliphatic hydroxyl groups excluding tert-OH is 1. The summed E-state index contributed by atoms with van der Waals surface area (Å²) >= 11 is 0. The molecule has 0 atom stereocenters. The molecule has 70 valence electrons. The van der Waals surface area contributed by atoms with Crippen LogP contribution in [0.25, 0.3) is 0 Å². The van der Waals surface area contributed by atoms with E-state index in [1.54, 1.807) is 18.2 Å². The van der Waals surface area contributed by atoms with Crippen LogP contribution in [0, 0.1) is 0 Å². The first-order valence-corrected chi connectivity index (χ1v) is 5.75. The second kappa shape index (κ2) is 2.82. The van der Waals surface area contributed by atoms with E-state index < -0.39 is 9.84 Å². The molecule has 0 unspecified atom stereocenters. The molecular weight excluding hydrogens is 188 g/mol. The van der Waals surface area contributed by atoms with Crippen molar-refractivity contribution < 1.29 is 13.5 Å². The second-order valence-corrected chi connectivity index (χ2v) is 5.20. The maximum Gasteiger partial charge on any atom is 0.178 e. The van der Waals surface area contributed by atoms with Gasteiger partial charge in [0.05, 0.1) is 17.3 Å². The maximum absolute atomic E-state index is 11.4. The predicted molar refractivity (Wildman–Crippen MR) is 48.1 cm³/mol. The van der Waals surface area contributed by atoms with Crippen molar-refractivity contribution >= 4 is 9.84 Å². The zero-order valence-corrected chi connectivity index (χ0v) is 7.84. The van der Waals surface area contributed by atoms with E-state index in [2.05, 4.69) is 0 Å². The van der Waals surface area contributed by atoms with Gasteiger partial charge in [-0.05, 0) is 23.6 Å². The molecule has 0 fully saturated rings. The number of aliphatic hydroxyl groups is 1. The number of benzene rings is 1. The van der Waals surface area contributed by atoms with Crippen LogP contribution in [0.1, 0.15) is 11.1 Å². The van der Waals surface area contributed by atoms with Gasteiger partial charge in [0.1, 0.15) is 0 Å². The molecule has 0 saturated heterocycles. The summed E-state index contributed by atoms with van der Waals surface area (Å²) in [6.45, 7) is -0.0846. The lowest BCUT2D eigenvalue weighted by atomic mass is 10.1. The van der Waals surface area contributed by atoms with Gasteiger partial charge in [-0.1, -0.05) is 12.1 Å². The van der Waals surface area contributed by atoms with Crippen LogP contribution in [0.3, 0.4) is 0 Å². The third-order valence-electron chi connectivity index (χ3n) is 2.36. The zero-order chi connectivity index (χ0) is 9.47. The van der Waals surface area contributed by atoms with E-state index in [0.29, 0.717) is 11.3 Å². The van der Waals surface area contributed by atoms with Gasteiger partial charge in [0.25, 0.3) is 0 Å². The number of fused-ring (bicyclic) bond motifs is 1. The Morgan fingerprint density at radius 3 is 2.85 bits per heavy atom. The third kappa shape index (κ3) is 1.26. The Labute approximate surface area is 76.9 Å². The van der Waals surface area contributed by atoms with Crippen molar-refractivity contribution in [2.75, 3.05) is 5.75 Å². The first-order chi connectivity index (χ1) is 6.15. The lowest BCUT2D eigenvalue weighted by Crippen LogP contribution is -1.98. The summed E-state index contributed by atoms with van der Waals surface area (Å²) in [7, 11) is -3.05. The molecule has 3 nitrogen and oxygen atoms in total. The highest BCUT2D eigenvalue weighted by Gasteiger charge is 2.27. The van der Waals surface area contributed by atoms with Gasteiger partial charge in [0, 0.05) is 0 Å². The molecule has 2 rings (SSSR count). The zero-order valence-electron chi connectivity index (χ0n) is 7.03. The molecule has 0 aliphatic carbocycles. The van der Waals surface area contributed by atoms with Crippen LogP contribution in [-0.4, -0.2) is 19.3 Å². The first-order valence-electron chi connectivity index (χ1n) is 4.09. The van der Waals surface area contributed by atoms with Crippen molar-refractivity contribution in [3.8, 4) is 0 Å². The van der Waals surface area contributed by atoms with Gasteiger partial charge in [-0.15, -0.1) is 0 Å². The molecule has 0 radical (unpaired) electrons. The lowest BCUT2D eigenvalue weighted by molar-refractivity contribution is 0.280. The molecule has 0 aromatic heterocycles. The largest absolute Gasteiger partial charge is 0.392 e. The minimum Gasteiger partial charge on any atom is -0.392 e. The average molecular weight is 198 g/mol. The number of sulfone groups is 1. The number of rotatable bonds is 1. The number of hydrogen-bond donors (Lipinski definition) is 1. The Balaban J connectivity index is 2.69. The Kier molecular flexibility index (Phi) is 1.89. The van der Waals surface area contributed by atoms with Crippen molar-refractivity contribution in [1.82, 2.24) is 0 Å². The molecule has 1 heterocycles. The third-order valence-corrected chi connectivity index (χ3v) is 4.15. The Morgan fingerprint density at radius 1 is 1.38 bits per heavy atom. The molecule has 0 spiro atoms. The summed E-state index contributed by atoms with van der Waals surface area (Å²) in [6, 6.07) is 5.05. The second-order valence-electron chi connectivity index (χ2n) is 3.12. The van der Waals surface area contributed by atoms with Crippen molar-refractivity contribution in [3.05, 3.63) is 29.3 Å². The van der Waals surface area contributed by atoms with Crippen LogP contribution in [0.15, 0.2) is 23.1 Å². The van der Waals surface area contributed by atoms with Crippen LogP contribution in [-0.2, 0) is 22.9 Å². The van der Waals surface area contributed by atoms with Gasteiger partial charge in [-0.3, -0.25) is 0 Å². The summed E-state index contributed by atoms with van der Waals surface area (Å²) in [4.78, 5) is 0.402. The Hall–Kier alpha value is -0.870. The molecule has 0 saturated carbocycles. The maximum atomic E-state index is 11.4. The van der Waals surface area contributed by atoms with Crippen LogP contribution in [0.2, 0.25) is 0 Å². The summed E-state index contributed by atoms with van der Waals surface area (Å²) < 4.78 is 22.9. The Bertz CT molecular complexity index is 434. The topological polar surface area (TPSA) is 54.4 Å². The first kappa shape index (κ1) is 8.72. The number of hydrogen-bond acceptors (Lipinski definition) is 3. The molecule has 0 bridgehead atoms. The molecule has 13 heavy (non-hydrogen) atoms. The summed E-state index contributed by atoms with van der Waals surface area (Å²) in [6.07, 6.45) is 0.536. The molecule has 1 aliphatic heterocycles. The smallest absolute Gasteiger partial charge is 0.178 e. The van der Waals surface area contributed by atoms with Gasteiger partial charge in [0.15, 0.2) is 9.84 Å². The van der Waals surface area contributed by atoms with Crippen LogP contribution < -0.4 is 0 Å². The summed E-state index contributed by atoms with van der Waals surface area (Å²) in [5, 5.41) is 8.98. The van der Waals surface area contributed by atoms with E-state index in [9.17, 15) is 8.42 Å². The van der Waals surface area contributed by atoms with Crippen LogP contribution in [0.5, 0.6) is 0 Å². The van der Waals surface area contributed by atoms with E-state index in [0.717, 1.165) is 11.1 Å². The minimum atomic E-state index is -3.05. The summed E-state index contributed by atoms with van der Waals surface area (Å²) in [5.41, 5.74) is 1.53. The quantitative estimate of drug-likeness (QED) is 0.715. The highest BCUT2D eigenvalue weighted by molar-refractivity contribution is 7.91. The van der Waals surface area contributed by atoms with Crippen molar-refractivity contribution in [3.63, 3.8) is 0 Å². The fourth-order valence-electron chi connectivity index (χ4n) is 1.68. The monoisotopic (exact) mass is 198 g/mol. The van der Waals surface area contributed by atoms with Crippen molar-refractivity contribution in [2.24, 2.45) is 0 Å². The van der Waals surface area contributed by atoms with Crippen molar-refractivity contribution in [1.29, 1.82) is 0 Å². The van der Waals surface area contributed by atoms with Gasteiger partial charge in [0.2, 0.25) is 0 Å². The van der Waals surface area contributed by atoms with Gasteiger partial charge in [-0.25, -0.2) is 8.42 Å². The normalized spacial score (nSPS) is 18.5. The van der Waals surface area contributed by atoms with E-state index in [4.69, 9.17) is 5.11 Å². The standard InChI is InChI=1S/C9H10O3S/c10-6-7-2-1-3-9-8(7)4-5-13(9,11)12/h1-3,10H,4-6H2. The molecule has 0 amide bonds.